The molecule has 2 aromatic carbocycles. The van der Waals surface area contributed by atoms with E-state index in [1.165, 1.54) is 0 Å². The van der Waals surface area contributed by atoms with Crippen molar-refractivity contribution < 1.29 is 14.7 Å². The Kier molecular flexibility index (Phi) is 5.09. The molecule has 0 unspecified atom stereocenters. The number of carbonyl (C=O) groups excluding carboxylic acids is 1. The van der Waals surface area contributed by atoms with Gasteiger partial charge in [-0.2, -0.15) is 0 Å². The lowest BCUT2D eigenvalue weighted by Crippen LogP contribution is -2.42. The van der Waals surface area contributed by atoms with Crippen molar-refractivity contribution in [3.8, 4) is 0 Å². The van der Waals surface area contributed by atoms with Gasteiger partial charge in [-0.15, -0.1) is 0 Å². The van der Waals surface area contributed by atoms with Crippen LogP contribution in [0.25, 0.3) is 10.9 Å². The zero-order chi connectivity index (χ0) is 17.8. The van der Waals surface area contributed by atoms with E-state index in [2.05, 4.69) is 26.2 Å². The summed E-state index contributed by atoms with van der Waals surface area (Å²) in [6.45, 7) is 0. The van der Waals surface area contributed by atoms with E-state index in [4.69, 9.17) is 0 Å². The number of benzene rings is 2. The maximum Gasteiger partial charge on any atom is 0.326 e. The minimum Gasteiger partial charge on any atom is -0.480 e. The van der Waals surface area contributed by atoms with E-state index in [0.29, 0.717) is 5.52 Å². The van der Waals surface area contributed by atoms with Crippen LogP contribution in [0.3, 0.4) is 0 Å². The average molecular weight is 399 g/mol. The first-order valence-corrected chi connectivity index (χ1v) is 8.46. The van der Waals surface area contributed by atoms with Crippen LogP contribution in [0.1, 0.15) is 16.1 Å². The summed E-state index contributed by atoms with van der Waals surface area (Å²) in [6.07, 6.45) is 0.196. The summed E-state index contributed by atoms with van der Waals surface area (Å²) in [7, 11) is 0. The van der Waals surface area contributed by atoms with Gasteiger partial charge in [0.2, 0.25) is 0 Å². The number of hydrogen-bond acceptors (Lipinski definition) is 3. The fourth-order valence-corrected chi connectivity index (χ4v) is 2.75. The van der Waals surface area contributed by atoms with E-state index in [9.17, 15) is 14.7 Å². The first kappa shape index (κ1) is 17.1. The quantitative estimate of drug-likeness (QED) is 0.689. The highest BCUT2D eigenvalue weighted by molar-refractivity contribution is 9.10. The number of aromatic nitrogens is 1. The van der Waals surface area contributed by atoms with Gasteiger partial charge in [-0.1, -0.05) is 52.3 Å². The minimum absolute atomic E-state index is 0.195. The zero-order valence-corrected chi connectivity index (χ0v) is 14.7. The first-order chi connectivity index (χ1) is 12.0. The van der Waals surface area contributed by atoms with E-state index >= 15 is 0 Å². The lowest BCUT2D eigenvalue weighted by molar-refractivity contribution is -0.139. The third-order valence-corrected chi connectivity index (χ3v) is 4.32. The molecule has 0 fully saturated rings. The van der Waals surface area contributed by atoms with Gasteiger partial charge in [-0.25, -0.2) is 9.78 Å². The third kappa shape index (κ3) is 4.22. The molecule has 0 aliphatic carbocycles. The number of halogens is 1. The van der Waals surface area contributed by atoms with Crippen LogP contribution >= 0.6 is 15.9 Å². The molecule has 126 valence electrons. The topological polar surface area (TPSA) is 79.3 Å². The summed E-state index contributed by atoms with van der Waals surface area (Å²) < 4.78 is 0.910. The molecule has 25 heavy (non-hydrogen) atoms. The van der Waals surface area contributed by atoms with E-state index in [0.717, 1.165) is 15.4 Å². The fourth-order valence-electron chi connectivity index (χ4n) is 2.48. The van der Waals surface area contributed by atoms with Gasteiger partial charge >= 0.3 is 5.97 Å². The van der Waals surface area contributed by atoms with Crippen molar-refractivity contribution in [2.45, 2.75) is 12.5 Å². The number of carboxylic acids is 1. The largest absolute Gasteiger partial charge is 0.480 e. The number of nitrogens with zero attached hydrogens (tertiary/aromatic N) is 1. The molecule has 0 saturated carbocycles. The molecule has 2 N–H and O–H groups in total. The van der Waals surface area contributed by atoms with Gasteiger partial charge < -0.3 is 10.4 Å². The zero-order valence-electron chi connectivity index (χ0n) is 13.1. The Hall–Kier alpha value is -2.73. The van der Waals surface area contributed by atoms with Gasteiger partial charge in [0, 0.05) is 16.3 Å². The Balaban J connectivity index is 1.77. The summed E-state index contributed by atoms with van der Waals surface area (Å²) in [5.74, 6) is -1.59. The Morgan fingerprint density at radius 3 is 2.48 bits per heavy atom. The number of aliphatic carboxylic acids is 1. The highest BCUT2D eigenvalue weighted by atomic mass is 79.9. The van der Waals surface area contributed by atoms with Crippen LogP contribution in [0.15, 0.2) is 65.1 Å². The molecule has 1 amide bonds. The van der Waals surface area contributed by atoms with Crippen LogP contribution in [0.4, 0.5) is 0 Å². The van der Waals surface area contributed by atoms with Crippen LogP contribution in [0.2, 0.25) is 0 Å². The van der Waals surface area contributed by atoms with Crippen molar-refractivity contribution in [2.75, 3.05) is 0 Å². The number of carboxylic acid groups (broad SMARTS) is 1. The second kappa shape index (κ2) is 7.44. The van der Waals surface area contributed by atoms with E-state index in [-0.39, 0.29) is 12.1 Å². The van der Waals surface area contributed by atoms with Crippen molar-refractivity contribution in [1.82, 2.24) is 10.3 Å². The Morgan fingerprint density at radius 1 is 1.04 bits per heavy atom. The highest BCUT2D eigenvalue weighted by Crippen LogP contribution is 2.14. The van der Waals surface area contributed by atoms with Gasteiger partial charge in [0.1, 0.15) is 11.7 Å². The van der Waals surface area contributed by atoms with Crippen LogP contribution in [-0.4, -0.2) is 28.0 Å². The molecule has 5 nitrogen and oxygen atoms in total. The van der Waals surface area contributed by atoms with Crippen molar-refractivity contribution >= 4 is 38.7 Å². The lowest BCUT2D eigenvalue weighted by atomic mass is 10.1. The molecule has 3 aromatic rings. The van der Waals surface area contributed by atoms with Gasteiger partial charge in [0.05, 0.1) is 5.52 Å². The molecule has 0 saturated heterocycles. The predicted octanol–water partition coefficient (Wildman–Crippen LogP) is 3.42. The normalized spacial score (nSPS) is 11.9. The molecule has 6 heteroatoms. The molecule has 1 heterocycles. The third-order valence-electron chi connectivity index (χ3n) is 3.79. The van der Waals surface area contributed by atoms with Crippen LogP contribution in [0.5, 0.6) is 0 Å². The Bertz CT molecular complexity index is 925. The number of rotatable bonds is 5. The molecule has 3 rings (SSSR count). The Labute approximate surface area is 152 Å². The highest BCUT2D eigenvalue weighted by Gasteiger charge is 2.21. The fraction of sp³-hybridized carbons (Fsp3) is 0.105. The SMILES string of the molecule is O=C(N[C@@H](Cc1ccc(Br)cc1)C(=O)O)c1ccc2ccccc2n1. The number of amides is 1. The van der Waals surface area contributed by atoms with Crippen molar-refractivity contribution in [2.24, 2.45) is 0 Å². The van der Waals surface area contributed by atoms with Gasteiger partial charge in [-0.05, 0) is 29.8 Å². The maximum absolute atomic E-state index is 12.4. The number of nitrogens with one attached hydrogen (secondary N) is 1. The number of hydrogen-bond donors (Lipinski definition) is 2. The number of para-hydroxylation sites is 1. The molecule has 0 aliphatic rings. The molecule has 0 radical (unpaired) electrons. The van der Waals surface area contributed by atoms with Crippen molar-refractivity contribution in [3.05, 3.63) is 76.4 Å². The average Bonchev–Trinajstić information content (AvgIpc) is 2.62. The molecule has 1 atom stereocenters. The van der Waals surface area contributed by atoms with Gasteiger partial charge in [0.15, 0.2) is 0 Å². The molecule has 1 aromatic heterocycles. The summed E-state index contributed by atoms with van der Waals surface area (Å²) in [5.41, 5.74) is 1.71. The summed E-state index contributed by atoms with van der Waals surface area (Å²) >= 11 is 3.34. The summed E-state index contributed by atoms with van der Waals surface area (Å²) in [6, 6.07) is 17.1. The molecular weight excluding hydrogens is 384 g/mol. The molecule has 0 aliphatic heterocycles. The van der Waals surface area contributed by atoms with E-state index in [1.54, 1.807) is 12.1 Å². The van der Waals surface area contributed by atoms with Crippen molar-refractivity contribution in [1.29, 1.82) is 0 Å². The second-order valence-corrected chi connectivity index (χ2v) is 6.50. The monoisotopic (exact) mass is 398 g/mol. The molecule has 0 spiro atoms. The van der Waals surface area contributed by atoms with Crippen LogP contribution < -0.4 is 5.32 Å². The minimum atomic E-state index is -1.09. The molecule has 0 bridgehead atoms. The standard InChI is InChI=1S/C19H15BrN2O3/c20-14-8-5-12(6-9-14)11-17(19(24)25)22-18(23)16-10-7-13-3-1-2-4-15(13)21-16/h1-10,17H,11H2,(H,22,23)(H,24,25)/t17-/m0/s1. The van der Waals surface area contributed by atoms with Crippen molar-refractivity contribution in [3.63, 3.8) is 0 Å². The van der Waals surface area contributed by atoms with Crippen LogP contribution in [-0.2, 0) is 11.2 Å². The molecular formula is C19H15BrN2O3. The second-order valence-electron chi connectivity index (χ2n) is 5.58. The number of pyridine rings is 1. The van der Waals surface area contributed by atoms with Gasteiger partial charge in [0.25, 0.3) is 5.91 Å². The number of carbonyl (C=O) groups is 2. The first-order valence-electron chi connectivity index (χ1n) is 7.67. The summed E-state index contributed by atoms with van der Waals surface area (Å²) in [4.78, 5) is 28.2. The van der Waals surface area contributed by atoms with Gasteiger partial charge in [-0.3, -0.25) is 4.79 Å². The predicted molar refractivity (Wildman–Crippen MR) is 98.5 cm³/mol. The van der Waals surface area contributed by atoms with E-state index in [1.807, 2.05) is 48.5 Å². The maximum atomic E-state index is 12.4. The number of fused-ring (bicyclic) bond motifs is 1. The van der Waals surface area contributed by atoms with E-state index < -0.39 is 17.9 Å². The lowest BCUT2D eigenvalue weighted by Gasteiger charge is -2.14. The van der Waals surface area contributed by atoms with Crippen LogP contribution in [0, 0.1) is 0 Å². The Morgan fingerprint density at radius 2 is 1.76 bits per heavy atom. The summed E-state index contributed by atoms with van der Waals surface area (Å²) in [5, 5.41) is 12.9. The smallest absolute Gasteiger partial charge is 0.326 e.